The van der Waals surface area contributed by atoms with Gasteiger partial charge in [0.15, 0.2) is 5.17 Å². The molecule has 202 valence electrons. The van der Waals surface area contributed by atoms with E-state index >= 15 is 0 Å². The van der Waals surface area contributed by atoms with Crippen LogP contribution in [-0.2, 0) is 4.79 Å². The van der Waals surface area contributed by atoms with Gasteiger partial charge in [-0.2, -0.15) is 10.2 Å². The van der Waals surface area contributed by atoms with Crippen LogP contribution in [0.15, 0.2) is 117 Å². The number of carbonyl (C=O) groups excluding carboxylic acids is 2. The molecular weight excluding hydrogens is 564 g/mol. The van der Waals surface area contributed by atoms with Crippen LogP contribution in [0.5, 0.6) is 5.75 Å². The van der Waals surface area contributed by atoms with Crippen LogP contribution in [0, 0.1) is 0 Å². The van der Waals surface area contributed by atoms with E-state index in [0.717, 1.165) is 16.7 Å². The SMILES string of the molecule is O=C(O)c1ccc(N=C2S/C(=C/c3cc(N=Nc4ccc(Cl)cc4)ccc3O)C(=O)N2C(=O)c2ccccc2)cc1. The molecule has 0 bridgehead atoms. The number of imide groups is 1. The first-order valence-electron chi connectivity index (χ1n) is 12.0. The number of carboxylic acids is 1. The maximum atomic E-state index is 13.5. The van der Waals surface area contributed by atoms with Crippen LogP contribution in [0.4, 0.5) is 17.1 Å². The van der Waals surface area contributed by atoms with Crippen molar-refractivity contribution in [2.24, 2.45) is 15.2 Å². The Kier molecular flexibility index (Phi) is 8.04. The average molecular weight is 583 g/mol. The third-order valence-electron chi connectivity index (χ3n) is 5.77. The fourth-order valence-corrected chi connectivity index (χ4v) is 4.81. The largest absolute Gasteiger partial charge is 0.507 e. The lowest BCUT2D eigenvalue weighted by Crippen LogP contribution is -2.35. The third-order valence-corrected chi connectivity index (χ3v) is 7.00. The molecule has 41 heavy (non-hydrogen) atoms. The molecule has 0 radical (unpaired) electrons. The van der Waals surface area contributed by atoms with Gasteiger partial charge in [-0.15, -0.1) is 0 Å². The number of amidine groups is 1. The lowest BCUT2D eigenvalue weighted by atomic mass is 10.1. The van der Waals surface area contributed by atoms with Gasteiger partial charge in [-0.1, -0.05) is 29.8 Å². The van der Waals surface area contributed by atoms with E-state index in [0.29, 0.717) is 22.1 Å². The molecule has 1 aliphatic rings. The Morgan fingerprint density at radius 1 is 0.805 bits per heavy atom. The number of aromatic hydroxyl groups is 1. The normalized spacial score (nSPS) is 15.2. The van der Waals surface area contributed by atoms with Crippen LogP contribution >= 0.6 is 23.4 Å². The van der Waals surface area contributed by atoms with E-state index in [1.165, 1.54) is 36.4 Å². The Morgan fingerprint density at radius 3 is 2.12 bits per heavy atom. The number of azo groups is 1. The molecule has 9 nitrogen and oxygen atoms in total. The molecule has 1 heterocycles. The molecular formula is C30H19ClN4O5S. The quantitative estimate of drug-likeness (QED) is 0.137. The number of phenolic OH excluding ortho intramolecular Hbond substituents is 1. The predicted molar refractivity (Wildman–Crippen MR) is 157 cm³/mol. The van der Waals surface area contributed by atoms with Gasteiger partial charge in [0.25, 0.3) is 11.8 Å². The highest BCUT2D eigenvalue weighted by atomic mass is 35.5. The molecule has 11 heteroatoms. The van der Waals surface area contributed by atoms with Crippen molar-refractivity contribution in [3.05, 3.63) is 124 Å². The molecule has 0 saturated carbocycles. The van der Waals surface area contributed by atoms with Gasteiger partial charge in [0, 0.05) is 16.1 Å². The highest BCUT2D eigenvalue weighted by Gasteiger charge is 2.38. The van der Waals surface area contributed by atoms with E-state index < -0.39 is 17.8 Å². The highest BCUT2D eigenvalue weighted by Crippen LogP contribution is 2.37. The minimum Gasteiger partial charge on any atom is -0.507 e. The van der Waals surface area contributed by atoms with Gasteiger partial charge in [-0.3, -0.25) is 9.59 Å². The third kappa shape index (κ3) is 6.40. The summed E-state index contributed by atoms with van der Waals surface area (Å²) in [4.78, 5) is 43.7. The van der Waals surface area contributed by atoms with Crippen LogP contribution in [0.3, 0.4) is 0 Å². The van der Waals surface area contributed by atoms with Crippen molar-refractivity contribution in [2.45, 2.75) is 0 Å². The number of phenols is 1. The molecule has 2 N–H and O–H groups in total. The number of carbonyl (C=O) groups is 3. The smallest absolute Gasteiger partial charge is 0.335 e. The Hall–Kier alpha value is -5.06. The standard InChI is InChI=1S/C30H19ClN4O5S/c31-21-8-12-23(13-9-21)33-34-24-14-15-25(36)20(16-24)17-26-28(38)35(27(37)18-4-2-1-3-5-18)30(41-26)32-22-10-6-19(7-11-22)29(39)40/h1-17,36H,(H,39,40)/b26-17+,32-30?,34-33?. The van der Waals surface area contributed by atoms with E-state index in [2.05, 4.69) is 15.2 Å². The number of aromatic carboxylic acids is 1. The number of rotatable bonds is 6. The van der Waals surface area contributed by atoms with Crippen LogP contribution in [0.25, 0.3) is 6.08 Å². The number of nitrogens with zero attached hydrogens (tertiary/aromatic N) is 4. The summed E-state index contributed by atoms with van der Waals surface area (Å²) in [6, 6.07) is 25.4. The first-order chi connectivity index (χ1) is 19.8. The monoisotopic (exact) mass is 582 g/mol. The minimum atomic E-state index is -1.09. The van der Waals surface area contributed by atoms with E-state index in [1.54, 1.807) is 66.7 Å². The van der Waals surface area contributed by atoms with Crippen molar-refractivity contribution >= 4 is 69.5 Å². The number of halogens is 1. The number of benzene rings is 4. The molecule has 1 saturated heterocycles. The second kappa shape index (κ2) is 12.0. The molecule has 2 amide bonds. The van der Waals surface area contributed by atoms with E-state index in [9.17, 15) is 24.6 Å². The van der Waals surface area contributed by atoms with Gasteiger partial charge in [0.1, 0.15) is 5.75 Å². The highest BCUT2D eigenvalue weighted by molar-refractivity contribution is 8.18. The van der Waals surface area contributed by atoms with E-state index in [1.807, 2.05) is 0 Å². The zero-order chi connectivity index (χ0) is 28.9. The summed E-state index contributed by atoms with van der Waals surface area (Å²) in [5.74, 6) is -2.40. The van der Waals surface area contributed by atoms with E-state index in [-0.39, 0.29) is 32.5 Å². The Morgan fingerprint density at radius 2 is 1.44 bits per heavy atom. The van der Waals surface area contributed by atoms with Crippen molar-refractivity contribution in [3.63, 3.8) is 0 Å². The predicted octanol–water partition coefficient (Wildman–Crippen LogP) is 7.60. The molecule has 0 atom stereocenters. The molecule has 4 aromatic carbocycles. The molecule has 0 aromatic heterocycles. The zero-order valence-corrected chi connectivity index (χ0v) is 22.6. The maximum absolute atomic E-state index is 13.5. The Bertz CT molecular complexity index is 1740. The topological polar surface area (TPSA) is 132 Å². The number of thioether (sulfide) groups is 1. The van der Waals surface area contributed by atoms with Crippen molar-refractivity contribution in [2.75, 3.05) is 0 Å². The summed E-state index contributed by atoms with van der Waals surface area (Å²) in [6.07, 6.45) is 1.45. The summed E-state index contributed by atoms with van der Waals surface area (Å²) < 4.78 is 0. The van der Waals surface area contributed by atoms with Gasteiger partial charge in [-0.05, 0) is 96.7 Å². The summed E-state index contributed by atoms with van der Waals surface area (Å²) in [5, 5.41) is 28.7. The molecule has 1 fully saturated rings. The molecule has 0 aliphatic carbocycles. The van der Waals surface area contributed by atoms with Crippen LogP contribution in [0.1, 0.15) is 26.3 Å². The zero-order valence-electron chi connectivity index (χ0n) is 21.0. The second-order valence-corrected chi connectivity index (χ2v) is 10.0. The van der Waals surface area contributed by atoms with Gasteiger partial charge < -0.3 is 10.2 Å². The van der Waals surface area contributed by atoms with Crippen LogP contribution < -0.4 is 0 Å². The molecule has 1 aliphatic heterocycles. The number of aliphatic imine (C=N–C) groups is 1. The van der Waals surface area contributed by atoms with Crippen LogP contribution in [-0.4, -0.2) is 38.1 Å². The van der Waals surface area contributed by atoms with Crippen molar-refractivity contribution in [1.29, 1.82) is 0 Å². The van der Waals surface area contributed by atoms with Gasteiger partial charge in [-0.25, -0.2) is 14.7 Å². The van der Waals surface area contributed by atoms with Gasteiger partial charge in [0.2, 0.25) is 0 Å². The fraction of sp³-hybridized carbons (Fsp3) is 0. The maximum Gasteiger partial charge on any atom is 0.335 e. The van der Waals surface area contributed by atoms with Gasteiger partial charge >= 0.3 is 5.97 Å². The van der Waals surface area contributed by atoms with Crippen molar-refractivity contribution in [3.8, 4) is 5.75 Å². The van der Waals surface area contributed by atoms with Crippen molar-refractivity contribution in [1.82, 2.24) is 4.90 Å². The lowest BCUT2D eigenvalue weighted by Gasteiger charge is -2.13. The summed E-state index contributed by atoms with van der Waals surface area (Å²) in [5.41, 5.74) is 1.99. The summed E-state index contributed by atoms with van der Waals surface area (Å²) >= 11 is 6.86. The molecule has 4 aromatic rings. The number of hydrogen-bond donors (Lipinski definition) is 2. The second-order valence-electron chi connectivity index (χ2n) is 8.59. The first-order valence-corrected chi connectivity index (χ1v) is 13.2. The van der Waals surface area contributed by atoms with Gasteiger partial charge in [0.05, 0.1) is 27.5 Å². The molecule has 0 spiro atoms. The molecule has 0 unspecified atom stereocenters. The first kappa shape index (κ1) is 27.5. The van der Waals surface area contributed by atoms with Crippen LogP contribution in [0.2, 0.25) is 5.02 Å². The fourth-order valence-electron chi connectivity index (χ4n) is 3.71. The Balaban J connectivity index is 1.50. The summed E-state index contributed by atoms with van der Waals surface area (Å²) in [6.45, 7) is 0. The lowest BCUT2D eigenvalue weighted by molar-refractivity contribution is -0.120. The average Bonchev–Trinajstić information content (AvgIpc) is 3.28. The number of hydrogen-bond acceptors (Lipinski definition) is 8. The number of carboxylic acid groups (broad SMARTS) is 1. The Labute approximate surface area is 243 Å². The van der Waals surface area contributed by atoms with Crippen molar-refractivity contribution < 1.29 is 24.6 Å². The van der Waals surface area contributed by atoms with E-state index in [4.69, 9.17) is 11.6 Å². The molecule has 5 rings (SSSR count). The summed E-state index contributed by atoms with van der Waals surface area (Å²) in [7, 11) is 0. The minimum absolute atomic E-state index is 0.0745. The number of amides is 2.